The topological polar surface area (TPSA) is 98.6 Å². The van der Waals surface area contributed by atoms with Crippen LogP contribution in [0.4, 0.5) is 5.82 Å². The summed E-state index contributed by atoms with van der Waals surface area (Å²) in [6, 6.07) is 6.80. The highest BCUT2D eigenvalue weighted by Crippen LogP contribution is 2.29. The number of ether oxygens (including phenoxy) is 1. The van der Waals surface area contributed by atoms with E-state index in [-0.39, 0.29) is 17.1 Å². The Morgan fingerprint density at radius 1 is 1.53 bits per heavy atom. The molecule has 0 aliphatic heterocycles. The molecule has 17 heavy (non-hydrogen) atoms. The SMILES string of the molecule is COc1cccc(-c2onc(N)c2C(=O)O)c1. The highest BCUT2D eigenvalue weighted by Gasteiger charge is 2.22. The number of nitrogens with zero attached hydrogens (tertiary/aromatic N) is 1. The van der Waals surface area contributed by atoms with Gasteiger partial charge in [0, 0.05) is 5.56 Å². The lowest BCUT2D eigenvalue weighted by Crippen LogP contribution is -2.01. The summed E-state index contributed by atoms with van der Waals surface area (Å²) in [5.74, 6) is -0.611. The van der Waals surface area contributed by atoms with Gasteiger partial charge in [0.1, 0.15) is 5.75 Å². The third kappa shape index (κ3) is 1.92. The second-order valence-electron chi connectivity index (χ2n) is 3.31. The van der Waals surface area contributed by atoms with Crippen LogP contribution in [-0.2, 0) is 0 Å². The number of hydrogen-bond acceptors (Lipinski definition) is 5. The van der Waals surface area contributed by atoms with Crippen LogP contribution in [-0.4, -0.2) is 23.3 Å². The van der Waals surface area contributed by atoms with Crippen LogP contribution < -0.4 is 10.5 Å². The molecule has 2 rings (SSSR count). The fraction of sp³-hybridized carbons (Fsp3) is 0.0909. The summed E-state index contributed by atoms with van der Waals surface area (Å²) in [6.45, 7) is 0. The molecule has 0 saturated carbocycles. The van der Waals surface area contributed by atoms with E-state index in [0.717, 1.165) is 0 Å². The van der Waals surface area contributed by atoms with Gasteiger partial charge in [0.25, 0.3) is 0 Å². The molecule has 0 aliphatic rings. The smallest absolute Gasteiger partial charge is 0.343 e. The Balaban J connectivity index is 2.56. The Kier molecular flexibility index (Phi) is 2.70. The van der Waals surface area contributed by atoms with E-state index in [4.69, 9.17) is 20.1 Å². The largest absolute Gasteiger partial charge is 0.497 e. The first kappa shape index (κ1) is 11.0. The number of anilines is 1. The zero-order chi connectivity index (χ0) is 12.4. The molecular weight excluding hydrogens is 224 g/mol. The van der Waals surface area contributed by atoms with Crippen molar-refractivity contribution in [2.45, 2.75) is 0 Å². The third-order valence-electron chi connectivity index (χ3n) is 2.26. The molecule has 0 atom stereocenters. The minimum atomic E-state index is -1.18. The molecule has 0 radical (unpaired) electrons. The normalized spacial score (nSPS) is 10.2. The summed E-state index contributed by atoms with van der Waals surface area (Å²) in [5.41, 5.74) is 5.84. The van der Waals surface area contributed by atoms with Gasteiger partial charge in [0.05, 0.1) is 7.11 Å². The van der Waals surface area contributed by atoms with Crippen molar-refractivity contribution in [3.05, 3.63) is 29.8 Å². The van der Waals surface area contributed by atoms with Crippen molar-refractivity contribution in [1.29, 1.82) is 0 Å². The zero-order valence-electron chi connectivity index (χ0n) is 9.01. The molecule has 0 saturated heterocycles. The lowest BCUT2D eigenvalue weighted by atomic mass is 10.1. The second kappa shape index (κ2) is 4.17. The molecule has 0 aliphatic carbocycles. The zero-order valence-corrected chi connectivity index (χ0v) is 9.01. The Bertz CT molecular complexity index is 562. The minimum Gasteiger partial charge on any atom is -0.497 e. The monoisotopic (exact) mass is 234 g/mol. The number of rotatable bonds is 3. The van der Waals surface area contributed by atoms with Crippen LogP contribution in [0.2, 0.25) is 0 Å². The maximum absolute atomic E-state index is 11.0. The molecule has 1 aromatic carbocycles. The van der Waals surface area contributed by atoms with E-state index in [0.29, 0.717) is 11.3 Å². The third-order valence-corrected chi connectivity index (χ3v) is 2.26. The minimum absolute atomic E-state index is 0.119. The molecule has 1 heterocycles. The van der Waals surface area contributed by atoms with E-state index in [1.165, 1.54) is 7.11 Å². The van der Waals surface area contributed by atoms with Crippen molar-refractivity contribution >= 4 is 11.8 Å². The fourth-order valence-corrected chi connectivity index (χ4v) is 1.47. The quantitative estimate of drug-likeness (QED) is 0.837. The van der Waals surface area contributed by atoms with Crippen molar-refractivity contribution in [3.8, 4) is 17.1 Å². The van der Waals surface area contributed by atoms with Gasteiger partial charge in [0.15, 0.2) is 17.1 Å². The van der Waals surface area contributed by atoms with Gasteiger partial charge in [-0.2, -0.15) is 0 Å². The number of benzene rings is 1. The van der Waals surface area contributed by atoms with Gasteiger partial charge in [-0.3, -0.25) is 0 Å². The molecule has 3 N–H and O–H groups in total. The van der Waals surface area contributed by atoms with Crippen LogP contribution in [0.1, 0.15) is 10.4 Å². The summed E-state index contributed by atoms with van der Waals surface area (Å²) in [6.07, 6.45) is 0. The van der Waals surface area contributed by atoms with E-state index in [1.54, 1.807) is 24.3 Å². The van der Waals surface area contributed by atoms with Gasteiger partial charge in [-0.05, 0) is 12.1 Å². The first-order valence-corrected chi connectivity index (χ1v) is 4.76. The van der Waals surface area contributed by atoms with E-state index in [1.807, 2.05) is 0 Å². The van der Waals surface area contributed by atoms with Crippen LogP contribution in [0, 0.1) is 0 Å². The number of nitrogens with two attached hydrogens (primary N) is 1. The predicted molar refractivity (Wildman–Crippen MR) is 59.9 cm³/mol. The highest BCUT2D eigenvalue weighted by atomic mass is 16.5. The van der Waals surface area contributed by atoms with Crippen molar-refractivity contribution in [2.24, 2.45) is 0 Å². The molecule has 0 unspecified atom stereocenters. The number of aromatic carboxylic acids is 1. The van der Waals surface area contributed by atoms with Crippen LogP contribution in [0.5, 0.6) is 5.75 Å². The summed E-state index contributed by atoms with van der Waals surface area (Å²) in [5, 5.41) is 12.5. The van der Waals surface area contributed by atoms with E-state index in [2.05, 4.69) is 5.16 Å². The van der Waals surface area contributed by atoms with Gasteiger partial charge in [-0.1, -0.05) is 17.3 Å². The average Bonchev–Trinajstić information content (AvgIpc) is 2.71. The maximum atomic E-state index is 11.0. The van der Waals surface area contributed by atoms with Crippen LogP contribution >= 0.6 is 0 Å². The molecular formula is C11H10N2O4. The molecule has 0 bridgehead atoms. The number of carbonyl (C=O) groups is 1. The number of methoxy groups -OCH3 is 1. The Hall–Kier alpha value is -2.50. The summed E-state index contributed by atoms with van der Waals surface area (Å²) in [4.78, 5) is 11.0. The first-order valence-electron chi connectivity index (χ1n) is 4.76. The van der Waals surface area contributed by atoms with Crippen LogP contribution in [0.25, 0.3) is 11.3 Å². The van der Waals surface area contributed by atoms with Gasteiger partial charge in [0.2, 0.25) is 0 Å². The van der Waals surface area contributed by atoms with E-state index < -0.39 is 5.97 Å². The van der Waals surface area contributed by atoms with Crippen molar-refractivity contribution < 1.29 is 19.2 Å². The number of hydrogen-bond donors (Lipinski definition) is 2. The van der Waals surface area contributed by atoms with Gasteiger partial charge in [-0.15, -0.1) is 0 Å². The summed E-state index contributed by atoms with van der Waals surface area (Å²) >= 11 is 0. The van der Waals surface area contributed by atoms with Crippen LogP contribution in [0.3, 0.4) is 0 Å². The standard InChI is InChI=1S/C11H10N2O4/c1-16-7-4-2-3-6(5-7)9-8(11(14)15)10(12)13-17-9/h2-5H,1H3,(H2,12,13)(H,14,15). The fourth-order valence-electron chi connectivity index (χ4n) is 1.47. The predicted octanol–water partition coefficient (Wildman–Crippen LogP) is 1.63. The number of carboxylic acids is 1. The molecule has 6 heteroatoms. The van der Waals surface area contributed by atoms with Crippen molar-refractivity contribution in [1.82, 2.24) is 5.16 Å². The van der Waals surface area contributed by atoms with Gasteiger partial charge < -0.3 is 20.1 Å². The first-order chi connectivity index (χ1) is 8.13. The molecule has 6 nitrogen and oxygen atoms in total. The van der Waals surface area contributed by atoms with E-state index >= 15 is 0 Å². The molecule has 2 aromatic rings. The lowest BCUT2D eigenvalue weighted by molar-refractivity contribution is 0.0698. The number of aromatic nitrogens is 1. The summed E-state index contributed by atoms with van der Waals surface area (Å²) in [7, 11) is 1.52. The lowest BCUT2D eigenvalue weighted by Gasteiger charge is -2.02. The van der Waals surface area contributed by atoms with Crippen molar-refractivity contribution in [2.75, 3.05) is 12.8 Å². The van der Waals surface area contributed by atoms with Crippen LogP contribution in [0.15, 0.2) is 28.8 Å². The Morgan fingerprint density at radius 2 is 2.29 bits per heavy atom. The number of nitrogen functional groups attached to an aromatic ring is 1. The Labute approximate surface area is 96.6 Å². The number of carboxylic acid groups (broad SMARTS) is 1. The molecule has 0 fully saturated rings. The molecule has 1 aromatic heterocycles. The average molecular weight is 234 g/mol. The maximum Gasteiger partial charge on any atom is 0.343 e. The van der Waals surface area contributed by atoms with Crippen molar-refractivity contribution in [3.63, 3.8) is 0 Å². The molecule has 0 amide bonds. The van der Waals surface area contributed by atoms with Gasteiger partial charge in [-0.25, -0.2) is 4.79 Å². The Morgan fingerprint density at radius 3 is 2.94 bits per heavy atom. The molecule has 0 spiro atoms. The molecule has 88 valence electrons. The second-order valence-corrected chi connectivity index (χ2v) is 3.31. The van der Waals surface area contributed by atoms with E-state index in [9.17, 15) is 4.79 Å². The van der Waals surface area contributed by atoms with Gasteiger partial charge >= 0.3 is 5.97 Å². The summed E-state index contributed by atoms with van der Waals surface area (Å²) < 4.78 is 9.97. The highest BCUT2D eigenvalue weighted by molar-refractivity contribution is 5.98.